The van der Waals surface area contributed by atoms with E-state index in [1.807, 2.05) is 18.2 Å². The van der Waals surface area contributed by atoms with Crippen molar-refractivity contribution in [1.29, 1.82) is 0 Å². The second-order valence-electron chi connectivity index (χ2n) is 4.33. The minimum Gasteiger partial charge on any atom is -0.495 e. The molecule has 0 saturated heterocycles. The molecule has 5 nitrogen and oxygen atoms in total. The van der Waals surface area contributed by atoms with E-state index in [0.717, 1.165) is 24.2 Å². The first-order chi connectivity index (χ1) is 9.65. The van der Waals surface area contributed by atoms with E-state index in [-0.39, 0.29) is 0 Å². The molecule has 1 heterocycles. The third-order valence-electron chi connectivity index (χ3n) is 2.87. The maximum atomic E-state index is 6.10. The van der Waals surface area contributed by atoms with Crippen molar-refractivity contribution >= 4 is 23.8 Å². The van der Waals surface area contributed by atoms with Gasteiger partial charge in [-0.05, 0) is 36.3 Å². The largest absolute Gasteiger partial charge is 0.495 e. The molecule has 108 valence electrons. The molecule has 1 aromatic heterocycles. The molecular weight excluding hydrogens is 296 g/mol. The van der Waals surface area contributed by atoms with Crippen molar-refractivity contribution in [3.05, 3.63) is 39.4 Å². The Bertz CT molecular complexity index is 638. The molecule has 2 rings (SSSR count). The minimum atomic E-state index is 0.563. The molecule has 0 unspecified atom stereocenters. The van der Waals surface area contributed by atoms with E-state index in [9.17, 15) is 0 Å². The molecule has 20 heavy (non-hydrogen) atoms. The van der Waals surface area contributed by atoms with Crippen LogP contribution >= 0.6 is 23.8 Å². The Kier molecular flexibility index (Phi) is 5.03. The van der Waals surface area contributed by atoms with Crippen LogP contribution in [0.5, 0.6) is 5.75 Å². The highest BCUT2D eigenvalue weighted by Gasteiger charge is 2.06. The Hall–Kier alpha value is -1.53. The van der Waals surface area contributed by atoms with Gasteiger partial charge in [0.15, 0.2) is 5.82 Å². The first-order valence-electron chi connectivity index (χ1n) is 6.38. The Labute approximate surface area is 127 Å². The van der Waals surface area contributed by atoms with Gasteiger partial charge in [-0.15, -0.1) is 0 Å². The smallest absolute Gasteiger partial charge is 0.214 e. The predicted octanol–water partition coefficient (Wildman–Crippen LogP) is 3.30. The van der Waals surface area contributed by atoms with Crippen molar-refractivity contribution in [2.24, 2.45) is 0 Å². The highest BCUT2D eigenvalue weighted by atomic mass is 35.5. The number of halogens is 1. The van der Waals surface area contributed by atoms with E-state index in [1.165, 1.54) is 0 Å². The third-order valence-corrected chi connectivity index (χ3v) is 3.44. The monoisotopic (exact) mass is 312 g/mol. The molecule has 0 radical (unpaired) electrons. The van der Waals surface area contributed by atoms with Gasteiger partial charge in [-0.2, -0.15) is 5.10 Å². The molecule has 0 atom stereocenters. The molecule has 0 aliphatic heterocycles. The Morgan fingerprint density at radius 3 is 2.95 bits per heavy atom. The summed E-state index contributed by atoms with van der Waals surface area (Å²) in [5.74, 6) is 1.57. The Morgan fingerprint density at radius 2 is 2.30 bits per heavy atom. The van der Waals surface area contributed by atoms with Crippen molar-refractivity contribution in [2.45, 2.75) is 26.3 Å². The Balaban J connectivity index is 2.11. The van der Waals surface area contributed by atoms with Gasteiger partial charge < -0.3 is 10.2 Å². The summed E-state index contributed by atoms with van der Waals surface area (Å²) >= 11 is 11.3. The number of H-pyrrole nitrogens is 1. The van der Waals surface area contributed by atoms with E-state index in [2.05, 4.69) is 22.5 Å². The Morgan fingerprint density at radius 1 is 1.50 bits per heavy atom. The first-order valence-corrected chi connectivity index (χ1v) is 7.17. The van der Waals surface area contributed by atoms with Gasteiger partial charge in [-0.3, -0.25) is 5.10 Å². The number of aromatic nitrogens is 3. The van der Waals surface area contributed by atoms with Crippen molar-refractivity contribution in [3.8, 4) is 5.75 Å². The van der Waals surface area contributed by atoms with Crippen LogP contribution in [0.2, 0.25) is 5.02 Å². The fourth-order valence-electron chi connectivity index (χ4n) is 1.87. The summed E-state index contributed by atoms with van der Waals surface area (Å²) in [5, 5.41) is 7.59. The lowest BCUT2D eigenvalue weighted by Crippen LogP contribution is -2.17. The number of nitrogens with one attached hydrogen (secondary N) is 2. The maximum absolute atomic E-state index is 6.10. The van der Waals surface area contributed by atoms with Gasteiger partial charge in [0.05, 0.1) is 18.7 Å². The van der Waals surface area contributed by atoms with E-state index < -0.39 is 0 Å². The molecule has 7 heteroatoms. The van der Waals surface area contributed by atoms with Crippen molar-refractivity contribution in [1.82, 2.24) is 14.9 Å². The fraction of sp³-hybridized carbons (Fsp3) is 0.385. The van der Waals surface area contributed by atoms with E-state index in [0.29, 0.717) is 22.1 Å². The van der Waals surface area contributed by atoms with Crippen LogP contribution in [-0.2, 0) is 13.0 Å². The topological polar surface area (TPSA) is 54.9 Å². The lowest BCUT2D eigenvalue weighted by Gasteiger charge is -2.11. The number of rotatable bonds is 6. The fourth-order valence-corrected chi connectivity index (χ4v) is 2.37. The van der Waals surface area contributed by atoms with Crippen LogP contribution in [0.3, 0.4) is 0 Å². The normalized spacial score (nSPS) is 10.6. The lowest BCUT2D eigenvalue weighted by molar-refractivity contribution is 0.415. The zero-order valence-corrected chi connectivity index (χ0v) is 13.0. The molecule has 0 saturated carbocycles. The van der Waals surface area contributed by atoms with Crippen LogP contribution < -0.4 is 10.2 Å². The number of nitrogens with zero attached hydrogens (tertiary/aromatic N) is 2. The van der Waals surface area contributed by atoms with E-state index >= 15 is 0 Å². The molecule has 0 aliphatic carbocycles. The summed E-state index contributed by atoms with van der Waals surface area (Å²) in [6, 6.07) is 5.68. The van der Waals surface area contributed by atoms with E-state index in [4.69, 9.17) is 28.6 Å². The molecule has 2 aromatic rings. The molecule has 1 aromatic carbocycles. The van der Waals surface area contributed by atoms with Crippen molar-refractivity contribution < 1.29 is 4.74 Å². The van der Waals surface area contributed by atoms with Crippen molar-refractivity contribution in [3.63, 3.8) is 0 Å². The van der Waals surface area contributed by atoms with Crippen LogP contribution in [-0.4, -0.2) is 22.0 Å². The lowest BCUT2D eigenvalue weighted by atomic mass is 10.2. The zero-order chi connectivity index (χ0) is 14.5. The van der Waals surface area contributed by atoms with Gasteiger partial charge in [0.2, 0.25) is 4.77 Å². The molecule has 2 N–H and O–H groups in total. The van der Waals surface area contributed by atoms with Gasteiger partial charge in [0.1, 0.15) is 5.75 Å². The number of aryl methyl sites for hydroxylation is 1. The van der Waals surface area contributed by atoms with Crippen LogP contribution in [0, 0.1) is 4.77 Å². The molecular formula is C13H17ClN4OS. The van der Waals surface area contributed by atoms with Crippen LogP contribution in [0.25, 0.3) is 0 Å². The minimum absolute atomic E-state index is 0.563. The second-order valence-corrected chi connectivity index (χ2v) is 5.13. The number of benzene rings is 1. The SMILES string of the molecule is CCCc1n[nH]c(=S)n1NCc1ccc(OC)c(Cl)c1. The summed E-state index contributed by atoms with van der Waals surface area (Å²) < 4.78 is 7.50. The summed E-state index contributed by atoms with van der Waals surface area (Å²) in [6.45, 7) is 2.71. The summed E-state index contributed by atoms with van der Waals surface area (Å²) in [5.41, 5.74) is 4.29. The number of methoxy groups -OCH3 is 1. The highest BCUT2D eigenvalue weighted by molar-refractivity contribution is 7.71. The summed E-state index contributed by atoms with van der Waals surface area (Å²) in [4.78, 5) is 0. The zero-order valence-electron chi connectivity index (χ0n) is 11.4. The van der Waals surface area contributed by atoms with E-state index in [1.54, 1.807) is 11.8 Å². The van der Waals surface area contributed by atoms with Gasteiger partial charge in [-0.1, -0.05) is 24.6 Å². The van der Waals surface area contributed by atoms with Crippen molar-refractivity contribution in [2.75, 3.05) is 12.5 Å². The third kappa shape index (κ3) is 3.32. The molecule has 0 spiro atoms. The van der Waals surface area contributed by atoms with Crippen LogP contribution in [0.1, 0.15) is 24.7 Å². The molecule has 0 bridgehead atoms. The number of ether oxygens (including phenoxy) is 1. The number of hydrogen-bond donors (Lipinski definition) is 2. The molecule has 0 fully saturated rings. The van der Waals surface area contributed by atoms with Gasteiger partial charge in [0, 0.05) is 6.42 Å². The van der Waals surface area contributed by atoms with Gasteiger partial charge >= 0.3 is 0 Å². The summed E-state index contributed by atoms with van der Waals surface area (Å²) in [7, 11) is 1.60. The molecule has 0 amide bonds. The maximum Gasteiger partial charge on any atom is 0.214 e. The molecule has 0 aliphatic rings. The highest BCUT2D eigenvalue weighted by Crippen LogP contribution is 2.24. The second kappa shape index (κ2) is 6.76. The number of aromatic amines is 1. The number of hydrogen-bond acceptors (Lipinski definition) is 4. The summed E-state index contributed by atoms with van der Waals surface area (Å²) in [6.07, 6.45) is 1.87. The average molecular weight is 313 g/mol. The van der Waals surface area contributed by atoms with Gasteiger partial charge in [0.25, 0.3) is 0 Å². The van der Waals surface area contributed by atoms with Gasteiger partial charge in [-0.25, -0.2) is 4.68 Å². The quantitative estimate of drug-likeness (QED) is 0.804. The average Bonchev–Trinajstić information content (AvgIpc) is 2.78. The standard InChI is InChI=1S/C13H17ClN4OS/c1-3-4-12-16-17-13(20)18(12)15-8-9-5-6-11(19-2)10(14)7-9/h5-7,15H,3-4,8H2,1-2H3,(H,17,20). The first kappa shape index (κ1) is 14.9. The van der Waals surface area contributed by atoms with Crippen LogP contribution in [0.15, 0.2) is 18.2 Å². The van der Waals surface area contributed by atoms with Crippen LogP contribution in [0.4, 0.5) is 0 Å². The predicted molar refractivity (Wildman–Crippen MR) is 82.5 cm³/mol.